The zero-order chi connectivity index (χ0) is 19.8. The molecule has 0 radical (unpaired) electrons. The van der Waals surface area contributed by atoms with Crippen LogP contribution in [0.4, 0.5) is 0 Å². The van der Waals surface area contributed by atoms with Gasteiger partial charge < -0.3 is 10.2 Å². The number of carboxylic acid groups (broad SMARTS) is 1. The molecule has 0 saturated heterocycles. The van der Waals surface area contributed by atoms with E-state index in [1.54, 1.807) is 0 Å². The van der Waals surface area contributed by atoms with Gasteiger partial charge in [-0.3, -0.25) is 4.79 Å². The van der Waals surface area contributed by atoms with Gasteiger partial charge in [-0.25, -0.2) is 0 Å². The van der Waals surface area contributed by atoms with Crippen molar-refractivity contribution in [3.05, 3.63) is 48.5 Å². The summed E-state index contributed by atoms with van der Waals surface area (Å²) in [6.07, 6.45) is 8.94. The molecule has 148 valence electrons. The van der Waals surface area contributed by atoms with Crippen LogP contribution in [0.2, 0.25) is 0 Å². The first-order valence-electron chi connectivity index (χ1n) is 10.5. The Kier molecular flexibility index (Phi) is 7.44. The molecule has 3 aromatic rings. The van der Waals surface area contributed by atoms with Crippen LogP contribution in [0, 0.1) is 0 Å². The Morgan fingerprint density at radius 3 is 2.11 bits per heavy atom. The molecular weight excluding hydrogens is 348 g/mol. The third-order valence-corrected chi connectivity index (χ3v) is 5.39. The highest BCUT2D eigenvalue weighted by molar-refractivity contribution is 6.29. The van der Waals surface area contributed by atoms with Crippen molar-refractivity contribution >= 4 is 27.5 Å². The third-order valence-electron chi connectivity index (χ3n) is 5.39. The summed E-state index contributed by atoms with van der Waals surface area (Å²) in [4.78, 5) is 10.2. The van der Waals surface area contributed by atoms with Gasteiger partial charge in [0, 0.05) is 13.0 Å². The Bertz CT molecular complexity index is 930. The van der Waals surface area contributed by atoms with Gasteiger partial charge in [-0.1, -0.05) is 81.0 Å². The number of benzene rings is 3. The lowest BCUT2D eigenvalue weighted by Crippen LogP contribution is -1.93. The second kappa shape index (κ2) is 10.2. The SMILES string of the molecule is O=C(O)CCCCCCCCCCO.c1ccc2c3c4c-3cccc4cc2c1. The fraction of sp³-hybridized carbons (Fsp3) is 0.400. The minimum absolute atomic E-state index is 0.304. The smallest absolute Gasteiger partial charge is 0.303 e. The van der Waals surface area contributed by atoms with E-state index < -0.39 is 5.97 Å². The summed E-state index contributed by atoms with van der Waals surface area (Å²) in [5, 5.41) is 22.5. The molecule has 0 heterocycles. The van der Waals surface area contributed by atoms with Crippen molar-refractivity contribution < 1.29 is 15.0 Å². The largest absolute Gasteiger partial charge is 0.481 e. The lowest BCUT2D eigenvalue weighted by Gasteiger charge is -2.00. The maximum Gasteiger partial charge on any atom is 0.303 e. The van der Waals surface area contributed by atoms with Crippen molar-refractivity contribution in [3.8, 4) is 11.1 Å². The van der Waals surface area contributed by atoms with Crippen LogP contribution in [0.15, 0.2) is 48.5 Å². The predicted octanol–water partition coefficient (Wildman–Crippen LogP) is 6.55. The number of hydrogen-bond acceptors (Lipinski definition) is 2. The molecule has 28 heavy (non-hydrogen) atoms. The Balaban J connectivity index is 0.000000161. The molecule has 4 rings (SSSR count). The molecular formula is C25H30O3. The molecule has 0 atom stereocenters. The van der Waals surface area contributed by atoms with E-state index in [0.29, 0.717) is 13.0 Å². The highest BCUT2D eigenvalue weighted by Crippen LogP contribution is 2.51. The lowest BCUT2D eigenvalue weighted by molar-refractivity contribution is -0.137. The molecule has 0 aliphatic heterocycles. The fourth-order valence-corrected chi connectivity index (χ4v) is 3.87. The van der Waals surface area contributed by atoms with Crippen molar-refractivity contribution in [1.82, 2.24) is 0 Å². The van der Waals surface area contributed by atoms with E-state index in [1.165, 1.54) is 51.9 Å². The van der Waals surface area contributed by atoms with E-state index in [4.69, 9.17) is 10.2 Å². The first kappa shape index (κ1) is 20.3. The van der Waals surface area contributed by atoms with Crippen LogP contribution >= 0.6 is 0 Å². The monoisotopic (exact) mass is 378 g/mol. The lowest BCUT2D eigenvalue weighted by atomic mass is 10.1. The second-order valence-electron chi connectivity index (χ2n) is 7.57. The van der Waals surface area contributed by atoms with E-state index in [0.717, 1.165) is 32.1 Å². The van der Waals surface area contributed by atoms with Crippen LogP contribution in [0.1, 0.15) is 57.8 Å². The molecule has 3 aromatic carbocycles. The average Bonchev–Trinajstić information content (AvgIpc) is 3.44. The molecule has 0 bridgehead atoms. The maximum atomic E-state index is 10.2. The number of hydrogen-bond donors (Lipinski definition) is 2. The van der Waals surface area contributed by atoms with Gasteiger partial charge in [0.1, 0.15) is 0 Å². The van der Waals surface area contributed by atoms with Crippen molar-refractivity contribution in [3.63, 3.8) is 0 Å². The molecule has 0 fully saturated rings. The topological polar surface area (TPSA) is 57.5 Å². The van der Waals surface area contributed by atoms with Crippen molar-refractivity contribution in [1.29, 1.82) is 0 Å². The highest BCUT2D eigenvalue weighted by Gasteiger charge is 2.23. The number of rotatable bonds is 10. The first-order valence-corrected chi connectivity index (χ1v) is 10.5. The first-order chi connectivity index (χ1) is 13.7. The van der Waals surface area contributed by atoms with Gasteiger partial charge >= 0.3 is 5.97 Å². The third kappa shape index (κ3) is 5.32. The highest BCUT2D eigenvalue weighted by atomic mass is 16.4. The Morgan fingerprint density at radius 2 is 1.39 bits per heavy atom. The fourth-order valence-electron chi connectivity index (χ4n) is 3.87. The van der Waals surface area contributed by atoms with E-state index in [9.17, 15) is 4.79 Å². The van der Waals surface area contributed by atoms with Crippen molar-refractivity contribution in [2.45, 2.75) is 57.8 Å². The second-order valence-corrected chi connectivity index (χ2v) is 7.57. The molecule has 1 aliphatic carbocycles. The molecule has 0 unspecified atom stereocenters. The van der Waals surface area contributed by atoms with E-state index in [-0.39, 0.29) is 0 Å². The molecule has 0 saturated carbocycles. The van der Waals surface area contributed by atoms with Crippen LogP contribution in [-0.4, -0.2) is 22.8 Å². The Labute approximate surface area is 167 Å². The van der Waals surface area contributed by atoms with Gasteiger partial charge in [0.2, 0.25) is 0 Å². The number of aliphatic carboxylic acids is 1. The standard InChI is InChI=1S/C14H8.C11H22O3/c1-2-6-11-9(4-1)8-10-5-3-7-12-13(10)14(11)12;12-10-8-6-4-2-1-3-5-7-9-11(13)14/h1-8H;12H,1-10H2,(H,13,14). The number of carbonyl (C=O) groups is 1. The van der Waals surface area contributed by atoms with Gasteiger partial charge in [-0.2, -0.15) is 0 Å². The average molecular weight is 379 g/mol. The molecule has 2 N–H and O–H groups in total. The van der Waals surface area contributed by atoms with Gasteiger partial charge in [-0.05, 0) is 51.6 Å². The maximum absolute atomic E-state index is 10.2. The van der Waals surface area contributed by atoms with E-state index in [1.807, 2.05) is 0 Å². The zero-order valence-electron chi connectivity index (χ0n) is 16.5. The summed E-state index contributed by atoms with van der Waals surface area (Å²) in [5.74, 6) is -0.687. The van der Waals surface area contributed by atoms with Gasteiger partial charge in [0.15, 0.2) is 0 Å². The predicted molar refractivity (Wildman–Crippen MR) is 117 cm³/mol. The number of fused-ring (bicyclic) bond motifs is 3. The van der Waals surface area contributed by atoms with Crippen LogP contribution in [0.5, 0.6) is 0 Å². The summed E-state index contributed by atoms with van der Waals surface area (Å²) in [7, 11) is 0. The van der Waals surface area contributed by atoms with Crippen molar-refractivity contribution in [2.75, 3.05) is 6.61 Å². The Hall–Kier alpha value is -2.39. The van der Waals surface area contributed by atoms with Crippen LogP contribution in [-0.2, 0) is 4.79 Å². The minimum atomic E-state index is -0.687. The molecule has 0 spiro atoms. The van der Waals surface area contributed by atoms with Crippen LogP contribution < -0.4 is 0 Å². The van der Waals surface area contributed by atoms with E-state index in [2.05, 4.69) is 48.5 Å². The minimum Gasteiger partial charge on any atom is -0.481 e. The zero-order valence-corrected chi connectivity index (χ0v) is 16.5. The number of aliphatic hydroxyl groups is 1. The van der Waals surface area contributed by atoms with Crippen molar-refractivity contribution in [2.24, 2.45) is 0 Å². The van der Waals surface area contributed by atoms with Gasteiger partial charge in [-0.15, -0.1) is 0 Å². The number of carboxylic acids is 1. The molecule has 3 heteroatoms. The summed E-state index contributed by atoms with van der Waals surface area (Å²) in [6, 6.07) is 17.5. The number of unbranched alkanes of at least 4 members (excludes halogenated alkanes) is 7. The van der Waals surface area contributed by atoms with Crippen LogP contribution in [0.25, 0.3) is 32.7 Å². The van der Waals surface area contributed by atoms with Crippen LogP contribution in [0.3, 0.4) is 0 Å². The van der Waals surface area contributed by atoms with Gasteiger partial charge in [0.05, 0.1) is 0 Å². The molecule has 1 aliphatic rings. The van der Waals surface area contributed by atoms with E-state index >= 15 is 0 Å². The molecule has 0 aromatic heterocycles. The molecule has 3 nitrogen and oxygen atoms in total. The van der Waals surface area contributed by atoms with Gasteiger partial charge in [0.25, 0.3) is 0 Å². The molecule has 0 amide bonds. The number of aliphatic hydroxyl groups excluding tert-OH is 1. The summed E-state index contributed by atoms with van der Waals surface area (Å²) < 4.78 is 0. The Morgan fingerprint density at radius 1 is 0.750 bits per heavy atom. The summed E-state index contributed by atoms with van der Waals surface area (Å²) in [5.41, 5.74) is 2.92. The summed E-state index contributed by atoms with van der Waals surface area (Å²) in [6.45, 7) is 0.304. The normalized spacial score (nSPS) is 11.3. The quantitative estimate of drug-likeness (QED) is 0.243. The summed E-state index contributed by atoms with van der Waals surface area (Å²) >= 11 is 0.